The van der Waals surface area contributed by atoms with Crippen LogP contribution in [0.5, 0.6) is 0 Å². The van der Waals surface area contributed by atoms with Gasteiger partial charge in [-0.05, 0) is 52.5 Å². The monoisotopic (exact) mass is 226 g/mol. The van der Waals surface area contributed by atoms with Gasteiger partial charge in [0.2, 0.25) is 0 Å². The average molecular weight is 226 g/mol. The summed E-state index contributed by atoms with van der Waals surface area (Å²) in [5, 5.41) is 3.62. The van der Waals surface area contributed by atoms with Gasteiger partial charge in [-0.15, -0.1) is 0 Å². The van der Waals surface area contributed by atoms with Gasteiger partial charge in [-0.25, -0.2) is 0 Å². The second kappa shape index (κ2) is 6.61. The molecule has 1 saturated heterocycles. The van der Waals surface area contributed by atoms with Gasteiger partial charge < -0.3 is 5.32 Å². The van der Waals surface area contributed by atoms with E-state index in [9.17, 15) is 0 Å². The van der Waals surface area contributed by atoms with Gasteiger partial charge in [0.15, 0.2) is 0 Å². The van der Waals surface area contributed by atoms with Crippen LogP contribution in [0.15, 0.2) is 0 Å². The molecule has 0 aromatic carbocycles. The molecule has 0 spiro atoms. The molecular formula is C14H30N2. The number of hydrogen-bond acceptors (Lipinski definition) is 2. The fourth-order valence-corrected chi connectivity index (χ4v) is 2.72. The van der Waals surface area contributed by atoms with E-state index in [1.54, 1.807) is 0 Å². The molecule has 0 aromatic heterocycles. The van der Waals surface area contributed by atoms with Gasteiger partial charge in [-0.3, -0.25) is 4.90 Å². The first-order valence-corrected chi connectivity index (χ1v) is 7.05. The molecular weight excluding hydrogens is 196 g/mol. The molecule has 2 nitrogen and oxygen atoms in total. The summed E-state index contributed by atoms with van der Waals surface area (Å²) in [6.45, 7) is 14.1. The third kappa shape index (κ3) is 3.74. The minimum atomic E-state index is 0.604. The molecule has 96 valence electrons. The molecule has 0 amide bonds. The zero-order valence-electron chi connectivity index (χ0n) is 11.8. The molecule has 16 heavy (non-hydrogen) atoms. The van der Waals surface area contributed by atoms with Crippen LogP contribution in [0.3, 0.4) is 0 Å². The van der Waals surface area contributed by atoms with Crippen LogP contribution in [0.1, 0.15) is 53.9 Å². The van der Waals surface area contributed by atoms with Crippen LogP contribution in [0.2, 0.25) is 0 Å². The summed E-state index contributed by atoms with van der Waals surface area (Å²) >= 11 is 0. The molecule has 1 rings (SSSR count). The Labute approximate surface area is 102 Å². The molecule has 4 unspecified atom stereocenters. The van der Waals surface area contributed by atoms with Crippen molar-refractivity contribution < 1.29 is 0 Å². The van der Waals surface area contributed by atoms with Crippen molar-refractivity contribution in [1.29, 1.82) is 0 Å². The lowest BCUT2D eigenvalue weighted by Crippen LogP contribution is -2.53. The van der Waals surface area contributed by atoms with E-state index in [0.717, 1.165) is 18.5 Å². The Morgan fingerprint density at radius 1 is 1.25 bits per heavy atom. The topological polar surface area (TPSA) is 15.3 Å². The molecule has 2 heteroatoms. The average Bonchev–Trinajstić information content (AvgIpc) is 2.28. The number of nitrogens with zero attached hydrogens (tertiary/aromatic N) is 1. The predicted octanol–water partition coefficient (Wildman–Crippen LogP) is 2.88. The van der Waals surface area contributed by atoms with Crippen LogP contribution in [0, 0.1) is 5.92 Å². The molecule has 0 bridgehead atoms. The minimum Gasteiger partial charge on any atom is -0.313 e. The van der Waals surface area contributed by atoms with Crippen LogP contribution in [-0.2, 0) is 0 Å². The second-order valence-electron chi connectivity index (χ2n) is 5.71. The van der Waals surface area contributed by atoms with E-state index in [1.807, 2.05) is 0 Å². The van der Waals surface area contributed by atoms with Gasteiger partial charge in [-0.2, -0.15) is 0 Å². The molecule has 1 aliphatic heterocycles. The zero-order valence-corrected chi connectivity index (χ0v) is 11.8. The van der Waals surface area contributed by atoms with Crippen LogP contribution >= 0.6 is 0 Å². The van der Waals surface area contributed by atoms with E-state index in [4.69, 9.17) is 0 Å². The Kier molecular flexibility index (Phi) is 5.77. The van der Waals surface area contributed by atoms with Gasteiger partial charge in [-0.1, -0.05) is 13.8 Å². The maximum atomic E-state index is 3.62. The zero-order chi connectivity index (χ0) is 12.1. The second-order valence-corrected chi connectivity index (χ2v) is 5.71. The normalized spacial score (nSPS) is 31.3. The molecule has 1 aliphatic rings. The summed E-state index contributed by atoms with van der Waals surface area (Å²) in [6.07, 6.45) is 4.00. The first-order valence-electron chi connectivity index (χ1n) is 7.05. The summed E-state index contributed by atoms with van der Waals surface area (Å²) in [5.41, 5.74) is 0. The summed E-state index contributed by atoms with van der Waals surface area (Å²) in [6, 6.07) is 2.02. The first kappa shape index (κ1) is 14.0. The Morgan fingerprint density at radius 3 is 2.56 bits per heavy atom. The molecule has 0 aliphatic carbocycles. The standard InChI is InChI=1S/C14H30N2/c1-6-9-15-13(4)14(5)16-10-11(2)7-8-12(16)3/h11-15H,6-10H2,1-5H3. The van der Waals surface area contributed by atoms with Crippen molar-refractivity contribution in [1.82, 2.24) is 10.2 Å². The molecule has 1 heterocycles. The van der Waals surface area contributed by atoms with Crippen molar-refractivity contribution in [2.45, 2.75) is 72.0 Å². The number of rotatable bonds is 5. The number of likely N-dealkylation sites (tertiary alicyclic amines) is 1. The highest BCUT2D eigenvalue weighted by molar-refractivity contribution is 4.85. The number of piperidine rings is 1. The van der Waals surface area contributed by atoms with Crippen LogP contribution < -0.4 is 5.32 Å². The first-order chi connectivity index (χ1) is 7.56. The Balaban J connectivity index is 2.46. The molecule has 4 atom stereocenters. The van der Waals surface area contributed by atoms with Crippen molar-refractivity contribution in [3.63, 3.8) is 0 Å². The maximum Gasteiger partial charge on any atom is 0.0221 e. The summed E-state index contributed by atoms with van der Waals surface area (Å²) in [7, 11) is 0. The lowest BCUT2D eigenvalue weighted by molar-refractivity contribution is 0.0687. The Hall–Kier alpha value is -0.0800. The van der Waals surface area contributed by atoms with Crippen molar-refractivity contribution >= 4 is 0 Å². The van der Waals surface area contributed by atoms with Crippen LogP contribution in [0.4, 0.5) is 0 Å². The molecule has 0 radical (unpaired) electrons. The molecule has 1 fully saturated rings. The van der Waals surface area contributed by atoms with E-state index < -0.39 is 0 Å². The number of hydrogen-bond donors (Lipinski definition) is 1. The van der Waals surface area contributed by atoms with Gasteiger partial charge in [0.25, 0.3) is 0 Å². The number of nitrogens with one attached hydrogen (secondary N) is 1. The summed E-state index contributed by atoms with van der Waals surface area (Å²) < 4.78 is 0. The SMILES string of the molecule is CCCNC(C)C(C)N1CC(C)CCC1C. The van der Waals surface area contributed by atoms with Crippen LogP contribution in [0.25, 0.3) is 0 Å². The highest BCUT2D eigenvalue weighted by Crippen LogP contribution is 2.24. The van der Waals surface area contributed by atoms with Gasteiger partial charge >= 0.3 is 0 Å². The van der Waals surface area contributed by atoms with Crippen molar-refractivity contribution in [3.05, 3.63) is 0 Å². The third-order valence-electron chi connectivity index (χ3n) is 4.13. The summed E-state index contributed by atoms with van der Waals surface area (Å²) in [4.78, 5) is 2.70. The lowest BCUT2D eigenvalue weighted by atomic mass is 9.92. The van der Waals surface area contributed by atoms with Crippen molar-refractivity contribution in [2.75, 3.05) is 13.1 Å². The maximum absolute atomic E-state index is 3.62. The third-order valence-corrected chi connectivity index (χ3v) is 4.13. The Bertz CT molecular complexity index is 193. The van der Waals surface area contributed by atoms with E-state index in [2.05, 4.69) is 44.8 Å². The smallest absolute Gasteiger partial charge is 0.0221 e. The summed E-state index contributed by atoms with van der Waals surface area (Å²) in [5.74, 6) is 0.872. The van der Waals surface area contributed by atoms with Gasteiger partial charge in [0.1, 0.15) is 0 Å². The molecule has 1 N–H and O–H groups in total. The largest absolute Gasteiger partial charge is 0.313 e. The highest BCUT2D eigenvalue weighted by Gasteiger charge is 2.28. The van der Waals surface area contributed by atoms with E-state index in [0.29, 0.717) is 12.1 Å². The van der Waals surface area contributed by atoms with E-state index in [-0.39, 0.29) is 0 Å². The minimum absolute atomic E-state index is 0.604. The van der Waals surface area contributed by atoms with E-state index >= 15 is 0 Å². The fourth-order valence-electron chi connectivity index (χ4n) is 2.72. The highest BCUT2D eigenvalue weighted by atomic mass is 15.2. The Morgan fingerprint density at radius 2 is 1.94 bits per heavy atom. The van der Waals surface area contributed by atoms with Gasteiger partial charge in [0.05, 0.1) is 0 Å². The molecule has 0 saturated carbocycles. The van der Waals surface area contributed by atoms with Gasteiger partial charge in [0, 0.05) is 24.7 Å². The van der Waals surface area contributed by atoms with E-state index in [1.165, 1.54) is 25.8 Å². The molecule has 0 aromatic rings. The van der Waals surface area contributed by atoms with Crippen molar-refractivity contribution in [3.8, 4) is 0 Å². The predicted molar refractivity (Wildman–Crippen MR) is 71.8 cm³/mol. The lowest BCUT2D eigenvalue weighted by Gasteiger charge is -2.43. The van der Waals surface area contributed by atoms with Crippen LogP contribution in [-0.4, -0.2) is 36.1 Å². The fraction of sp³-hybridized carbons (Fsp3) is 1.00. The van der Waals surface area contributed by atoms with Crippen molar-refractivity contribution in [2.24, 2.45) is 5.92 Å². The quantitative estimate of drug-likeness (QED) is 0.775.